The highest BCUT2D eigenvalue weighted by molar-refractivity contribution is 7.72. The minimum absolute atomic E-state index is 0.141. The van der Waals surface area contributed by atoms with E-state index in [1.807, 2.05) is 0 Å². The van der Waals surface area contributed by atoms with Gasteiger partial charge in [0.2, 0.25) is 5.24 Å². The Bertz CT molecular complexity index is 715. The van der Waals surface area contributed by atoms with Gasteiger partial charge in [-0.05, 0) is 24.4 Å². The lowest BCUT2D eigenvalue weighted by Gasteiger charge is -2.31. The van der Waals surface area contributed by atoms with Crippen LogP contribution in [0.2, 0.25) is 0 Å². The lowest BCUT2D eigenvalue weighted by molar-refractivity contribution is -0.133. The van der Waals surface area contributed by atoms with Crippen LogP contribution in [0.4, 0.5) is 0 Å². The van der Waals surface area contributed by atoms with Crippen molar-refractivity contribution in [3.8, 4) is 0 Å². The summed E-state index contributed by atoms with van der Waals surface area (Å²) < 4.78 is 27.5. The molecule has 2 atom stereocenters. The molecular formula is C26H53ClO9P2. The minimum Gasteiger partial charge on any atom is -0.390 e. The van der Waals surface area contributed by atoms with Crippen molar-refractivity contribution in [2.24, 2.45) is 0 Å². The Morgan fingerprint density at radius 3 is 1.34 bits per heavy atom. The molecule has 0 fully saturated rings. The molecule has 9 nitrogen and oxygen atoms in total. The topological polar surface area (TPSA) is 158 Å². The van der Waals surface area contributed by atoms with E-state index in [1.165, 1.54) is 64.2 Å². The molecular weight excluding hydrogens is 554 g/mol. The number of hydrogen-bond acceptors (Lipinski definition) is 6. The zero-order valence-corrected chi connectivity index (χ0v) is 26.3. The van der Waals surface area contributed by atoms with Crippen molar-refractivity contribution in [3.63, 3.8) is 0 Å². The van der Waals surface area contributed by atoms with Gasteiger partial charge in [0.25, 0.3) is 5.08 Å². The highest BCUT2D eigenvalue weighted by Gasteiger charge is 2.61. The van der Waals surface area contributed by atoms with Gasteiger partial charge in [-0.25, -0.2) is 4.57 Å². The van der Waals surface area contributed by atoms with Gasteiger partial charge in [0.05, 0.1) is 0 Å². The Kier molecular flexibility index (Phi) is 24.6. The molecule has 0 aliphatic heterocycles. The smallest absolute Gasteiger partial charge is 0.390 e. The first kappa shape index (κ1) is 39.9. The van der Waals surface area contributed by atoms with Crippen LogP contribution in [0.3, 0.4) is 0 Å². The van der Waals surface area contributed by atoms with Gasteiger partial charge in [-0.1, -0.05) is 117 Å². The van der Waals surface area contributed by atoms with Crippen LogP contribution in [-0.4, -0.2) is 36.1 Å². The van der Waals surface area contributed by atoms with E-state index in [0.717, 1.165) is 45.4 Å². The summed E-state index contributed by atoms with van der Waals surface area (Å²) in [6.45, 7) is 5.20. The molecule has 228 valence electrons. The quantitative estimate of drug-likeness (QED) is 0.0511. The SMILES string of the molecule is CCCCCCCCCCCC(=O)Cl.CCCCCCCCCCCC(O)(P(=O)(O)O)P(=O)(O)OC(C)=O. The summed E-state index contributed by atoms with van der Waals surface area (Å²) >= 11 is 5.24. The number of unbranched alkanes of at least 4 members (excludes halogenated alkanes) is 16. The van der Waals surface area contributed by atoms with Crippen LogP contribution in [0.5, 0.6) is 0 Å². The molecule has 12 heteroatoms. The van der Waals surface area contributed by atoms with Gasteiger partial charge in [-0.2, -0.15) is 0 Å². The summed E-state index contributed by atoms with van der Waals surface area (Å²) in [6, 6.07) is 0. The summed E-state index contributed by atoms with van der Waals surface area (Å²) in [5.74, 6) is -1.19. The predicted molar refractivity (Wildman–Crippen MR) is 153 cm³/mol. The summed E-state index contributed by atoms with van der Waals surface area (Å²) in [5, 5.41) is 6.63. The average molecular weight is 607 g/mol. The van der Waals surface area contributed by atoms with Crippen molar-refractivity contribution in [1.82, 2.24) is 0 Å². The highest BCUT2D eigenvalue weighted by Crippen LogP contribution is 2.71. The lowest BCUT2D eigenvalue weighted by Crippen LogP contribution is -2.30. The van der Waals surface area contributed by atoms with E-state index in [-0.39, 0.29) is 11.7 Å². The maximum atomic E-state index is 11.9. The molecule has 0 aromatic rings. The van der Waals surface area contributed by atoms with Gasteiger partial charge in [0.1, 0.15) is 0 Å². The van der Waals surface area contributed by atoms with Crippen molar-refractivity contribution in [2.75, 3.05) is 0 Å². The summed E-state index contributed by atoms with van der Waals surface area (Å²) in [4.78, 5) is 49.4. The molecule has 0 aromatic carbocycles. The number of aliphatic hydroxyl groups is 1. The molecule has 4 N–H and O–H groups in total. The fourth-order valence-electron chi connectivity index (χ4n) is 3.95. The first-order valence-electron chi connectivity index (χ1n) is 14.2. The molecule has 0 saturated heterocycles. The molecule has 0 bridgehead atoms. The van der Waals surface area contributed by atoms with Crippen LogP contribution in [0, 0.1) is 0 Å². The Morgan fingerprint density at radius 2 is 1.03 bits per heavy atom. The van der Waals surface area contributed by atoms with Crippen LogP contribution >= 0.6 is 26.8 Å². The van der Waals surface area contributed by atoms with Crippen molar-refractivity contribution in [3.05, 3.63) is 0 Å². The third-order valence-corrected chi connectivity index (χ3v) is 10.8. The molecule has 2 unspecified atom stereocenters. The first-order valence-corrected chi connectivity index (χ1v) is 17.8. The number of carbonyl (C=O) groups excluding carboxylic acids is 2. The molecule has 0 aromatic heterocycles. The maximum absolute atomic E-state index is 11.9. The van der Waals surface area contributed by atoms with E-state index in [2.05, 4.69) is 18.4 Å². The van der Waals surface area contributed by atoms with E-state index in [1.54, 1.807) is 0 Å². The average Bonchev–Trinajstić information content (AvgIpc) is 2.80. The maximum Gasteiger partial charge on any atom is 0.422 e. The van der Waals surface area contributed by atoms with Crippen LogP contribution in [0.1, 0.15) is 149 Å². The zero-order valence-electron chi connectivity index (χ0n) is 23.7. The van der Waals surface area contributed by atoms with Crippen LogP contribution in [0.15, 0.2) is 0 Å². The Morgan fingerprint density at radius 1 is 0.684 bits per heavy atom. The Balaban J connectivity index is 0. The third kappa shape index (κ3) is 20.6. The predicted octanol–water partition coefficient (Wildman–Crippen LogP) is 8.15. The van der Waals surface area contributed by atoms with Crippen molar-refractivity contribution >= 4 is 38.0 Å². The number of hydrogen-bond donors (Lipinski definition) is 4. The lowest BCUT2D eigenvalue weighted by atomic mass is 10.1. The van der Waals surface area contributed by atoms with Gasteiger partial charge in [-0.15, -0.1) is 0 Å². The van der Waals surface area contributed by atoms with E-state index < -0.39 is 32.7 Å². The Labute approximate surface area is 235 Å². The van der Waals surface area contributed by atoms with E-state index in [4.69, 9.17) is 11.6 Å². The van der Waals surface area contributed by atoms with Crippen LogP contribution in [-0.2, 0) is 23.2 Å². The van der Waals surface area contributed by atoms with Crippen molar-refractivity contribution < 1.29 is 43.0 Å². The summed E-state index contributed by atoms with van der Waals surface area (Å²) in [6.07, 6.45) is 19.7. The largest absolute Gasteiger partial charge is 0.422 e. The van der Waals surface area contributed by atoms with E-state index in [0.29, 0.717) is 12.8 Å². The highest BCUT2D eigenvalue weighted by atomic mass is 35.5. The van der Waals surface area contributed by atoms with Gasteiger partial charge < -0.3 is 24.3 Å². The molecule has 0 aliphatic rings. The number of rotatable bonds is 23. The van der Waals surface area contributed by atoms with Gasteiger partial charge in [0, 0.05) is 19.8 Å². The fourth-order valence-corrected chi connectivity index (χ4v) is 6.90. The molecule has 0 radical (unpaired) electrons. The fraction of sp³-hybridized carbons (Fsp3) is 0.923. The molecule has 0 amide bonds. The molecule has 0 spiro atoms. The summed E-state index contributed by atoms with van der Waals surface area (Å²) in [5.41, 5.74) is 0. The second-order valence-electron chi connectivity index (χ2n) is 9.93. The normalized spacial score (nSPS) is 14.6. The third-order valence-electron chi connectivity index (χ3n) is 6.26. The molecule has 0 saturated carbocycles. The summed E-state index contributed by atoms with van der Waals surface area (Å²) in [7, 11) is -10.6. The minimum atomic E-state index is -5.37. The van der Waals surface area contributed by atoms with Gasteiger partial charge >= 0.3 is 21.2 Å². The van der Waals surface area contributed by atoms with Crippen LogP contribution < -0.4 is 0 Å². The standard InChI is InChI=1S/C14H30O8P2.C12H23ClO/c1-3-4-5-6-7-8-9-10-11-12-14(16,23(17,18)19)24(20,21)22-13(2)15;1-2-3-4-5-6-7-8-9-10-11-12(13)14/h16H,3-12H2,1-2H3,(H,20,21)(H2,17,18,19);2-11H2,1H3. The molecule has 0 rings (SSSR count). The Hall–Kier alpha value is -0.270. The van der Waals surface area contributed by atoms with Gasteiger partial charge in [0.15, 0.2) is 0 Å². The molecule has 38 heavy (non-hydrogen) atoms. The van der Waals surface area contributed by atoms with Crippen molar-refractivity contribution in [1.29, 1.82) is 0 Å². The second kappa shape index (κ2) is 23.4. The van der Waals surface area contributed by atoms with Crippen molar-refractivity contribution in [2.45, 2.75) is 154 Å². The monoisotopic (exact) mass is 606 g/mol. The van der Waals surface area contributed by atoms with Crippen LogP contribution in [0.25, 0.3) is 0 Å². The molecule has 0 heterocycles. The first-order chi connectivity index (χ1) is 17.7. The molecule has 0 aliphatic carbocycles. The number of carbonyl (C=O) groups is 2. The zero-order chi connectivity index (χ0) is 29.5. The van der Waals surface area contributed by atoms with E-state index in [9.17, 15) is 38.5 Å². The second-order valence-corrected chi connectivity index (χ2v) is 14.5. The van der Waals surface area contributed by atoms with Gasteiger partial charge in [-0.3, -0.25) is 14.2 Å². The van der Waals surface area contributed by atoms with E-state index >= 15 is 0 Å². The number of halogens is 1.